The quantitative estimate of drug-likeness (QED) is 0.302. The summed E-state index contributed by atoms with van der Waals surface area (Å²) in [6, 6.07) is 19.6. The topological polar surface area (TPSA) is 87.1 Å². The van der Waals surface area contributed by atoms with Gasteiger partial charge in [-0.25, -0.2) is 4.98 Å². The SMILES string of the molecule is O=C(O)CCc1nc(-c2ccccc2)c(-c2ccccc2)o1.[CH2-]C1CCCCC1[NH-].[Cl][Pt]. The van der Waals surface area contributed by atoms with E-state index in [1.165, 1.54) is 19.3 Å². The average Bonchev–Trinajstić information content (AvgIpc) is 3.27. The fraction of sp³-hybridized carbons (Fsp3) is 0.320. The minimum absolute atomic E-state index is 0.00295. The molecule has 1 fully saturated rings. The fourth-order valence-corrected chi connectivity index (χ4v) is 3.47. The molecule has 2 atom stereocenters. The van der Waals surface area contributed by atoms with Crippen LogP contribution in [0.1, 0.15) is 38.0 Å². The number of aliphatic carboxylic acids is 1. The average molecular weight is 635 g/mol. The Morgan fingerprint density at radius 2 is 1.62 bits per heavy atom. The molecular weight excluding hydrogens is 607 g/mol. The number of nitrogens with zero attached hydrogens (tertiary/aromatic N) is 1. The molecule has 0 saturated heterocycles. The maximum atomic E-state index is 10.7. The molecule has 0 amide bonds. The van der Waals surface area contributed by atoms with E-state index >= 15 is 0 Å². The maximum absolute atomic E-state index is 10.7. The van der Waals surface area contributed by atoms with Gasteiger partial charge in [0.05, 0.1) is 6.42 Å². The first-order valence-corrected chi connectivity index (χ1v) is 13.3. The van der Waals surface area contributed by atoms with Gasteiger partial charge in [-0.15, -0.1) is 0 Å². The van der Waals surface area contributed by atoms with Crippen LogP contribution in [-0.2, 0) is 30.0 Å². The van der Waals surface area contributed by atoms with Crippen molar-refractivity contribution in [2.24, 2.45) is 5.92 Å². The Hall–Kier alpha value is -1.94. The zero-order valence-electron chi connectivity index (χ0n) is 17.8. The Bertz CT molecular complexity index is 868. The van der Waals surface area contributed by atoms with Crippen LogP contribution >= 0.6 is 9.42 Å². The number of hydrogen-bond donors (Lipinski definition) is 1. The van der Waals surface area contributed by atoms with Crippen molar-refractivity contribution in [1.29, 1.82) is 0 Å². The molecule has 3 aromatic rings. The molecule has 1 heterocycles. The predicted octanol–water partition coefficient (Wildman–Crippen LogP) is 7.14. The number of hydrogen-bond acceptors (Lipinski definition) is 3. The van der Waals surface area contributed by atoms with E-state index in [9.17, 15) is 4.79 Å². The van der Waals surface area contributed by atoms with E-state index in [-0.39, 0.29) is 18.9 Å². The summed E-state index contributed by atoms with van der Waals surface area (Å²) < 4.78 is 5.83. The number of halogens is 1. The van der Waals surface area contributed by atoms with Crippen molar-refractivity contribution in [3.63, 3.8) is 0 Å². The van der Waals surface area contributed by atoms with E-state index < -0.39 is 5.97 Å². The third-order valence-corrected chi connectivity index (χ3v) is 5.22. The van der Waals surface area contributed by atoms with E-state index in [0.29, 0.717) is 17.6 Å². The molecule has 0 bridgehead atoms. The monoisotopic (exact) mass is 634 g/mol. The van der Waals surface area contributed by atoms with Gasteiger partial charge in [0.1, 0.15) is 5.69 Å². The molecule has 5 nitrogen and oxygen atoms in total. The molecule has 0 spiro atoms. The Labute approximate surface area is 205 Å². The van der Waals surface area contributed by atoms with Crippen molar-refractivity contribution in [2.75, 3.05) is 0 Å². The first kappa shape index (κ1) is 26.3. The summed E-state index contributed by atoms with van der Waals surface area (Å²) in [6.45, 7) is 3.89. The number of rotatable bonds is 5. The van der Waals surface area contributed by atoms with Crippen molar-refractivity contribution >= 4 is 15.4 Å². The molecular formula is C25H28ClN2O3Pt-2. The summed E-state index contributed by atoms with van der Waals surface area (Å²) in [5, 5.41) is 8.82. The summed E-state index contributed by atoms with van der Waals surface area (Å²) in [6.07, 6.45) is 5.08. The number of carboxylic acids is 1. The van der Waals surface area contributed by atoms with Crippen molar-refractivity contribution in [3.05, 3.63) is 79.2 Å². The number of carboxylic acid groups (broad SMARTS) is 1. The van der Waals surface area contributed by atoms with Crippen molar-refractivity contribution in [3.8, 4) is 22.6 Å². The molecule has 2 N–H and O–H groups in total. The Morgan fingerprint density at radius 1 is 1.06 bits per heavy atom. The van der Waals surface area contributed by atoms with E-state index in [1.807, 2.05) is 60.7 Å². The fourth-order valence-electron chi connectivity index (χ4n) is 3.47. The summed E-state index contributed by atoms with van der Waals surface area (Å²) in [4.78, 5) is 15.2. The van der Waals surface area contributed by atoms with Crippen molar-refractivity contribution in [1.82, 2.24) is 4.98 Å². The zero-order valence-corrected chi connectivity index (χ0v) is 20.8. The second-order valence-corrected chi connectivity index (χ2v) is 7.56. The van der Waals surface area contributed by atoms with Gasteiger partial charge in [0.2, 0.25) is 0 Å². The summed E-state index contributed by atoms with van der Waals surface area (Å²) in [7, 11) is 4.61. The number of benzene rings is 2. The number of carbonyl (C=O) groups is 1. The van der Waals surface area contributed by atoms with Crippen LogP contribution in [0.5, 0.6) is 0 Å². The first-order valence-electron chi connectivity index (χ1n) is 10.5. The van der Waals surface area contributed by atoms with Gasteiger partial charge < -0.3 is 22.2 Å². The van der Waals surface area contributed by atoms with Gasteiger partial charge in [0, 0.05) is 17.5 Å². The molecule has 2 unspecified atom stereocenters. The molecule has 7 heteroatoms. The molecule has 1 saturated carbocycles. The van der Waals surface area contributed by atoms with Crippen LogP contribution in [0, 0.1) is 12.8 Å². The molecule has 175 valence electrons. The van der Waals surface area contributed by atoms with Gasteiger partial charge in [-0.2, -0.15) is 12.0 Å². The van der Waals surface area contributed by atoms with E-state index in [0.717, 1.165) is 23.2 Å². The molecule has 32 heavy (non-hydrogen) atoms. The van der Waals surface area contributed by atoms with Crippen LogP contribution < -0.4 is 0 Å². The molecule has 0 radical (unpaired) electrons. The molecule has 2 aromatic carbocycles. The Morgan fingerprint density at radius 3 is 2.12 bits per heavy atom. The number of oxazole rings is 1. The standard InChI is InChI=1S/C18H15NO3.C7H13N.ClH.Pt/c20-16(21)12-11-15-19-17(13-7-3-1-4-8-13)18(22-15)14-9-5-2-6-10-14;1-6-4-2-3-5-7(6)8;;/h1-10H,11-12H2,(H,20,21);6-8H,1-5H2;1H;/q;-2;;+1/p-1. The normalized spacial score (nSPS) is 17.4. The van der Waals surface area contributed by atoms with Crippen LogP contribution in [0.4, 0.5) is 0 Å². The van der Waals surface area contributed by atoms with Gasteiger partial charge in [-0.3, -0.25) is 4.79 Å². The van der Waals surface area contributed by atoms with Gasteiger partial charge >= 0.3 is 34.2 Å². The third-order valence-electron chi connectivity index (χ3n) is 5.22. The van der Waals surface area contributed by atoms with Gasteiger partial charge in [-0.1, -0.05) is 86.3 Å². The summed E-state index contributed by atoms with van der Waals surface area (Å²) in [5.74, 6) is 0.678. The van der Waals surface area contributed by atoms with Gasteiger partial charge in [0.15, 0.2) is 11.7 Å². The second-order valence-electron chi connectivity index (χ2n) is 7.56. The van der Waals surface area contributed by atoms with Crippen LogP contribution in [0.15, 0.2) is 65.1 Å². The molecule has 4 rings (SSSR count). The van der Waals surface area contributed by atoms with Crippen molar-refractivity contribution < 1.29 is 33.1 Å². The van der Waals surface area contributed by atoms with Crippen LogP contribution in [-0.4, -0.2) is 22.1 Å². The molecule has 1 aliphatic rings. The first-order chi connectivity index (χ1) is 15.5. The predicted molar refractivity (Wildman–Crippen MR) is 125 cm³/mol. The van der Waals surface area contributed by atoms with Gasteiger partial charge in [-0.05, 0) is 0 Å². The number of aryl methyl sites for hydroxylation is 1. The van der Waals surface area contributed by atoms with Crippen molar-refractivity contribution in [2.45, 2.75) is 44.6 Å². The van der Waals surface area contributed by atoms with Gasteiger partial charge in [0.25, 0.3) is 0 Å². The Kier molecular flexibility index (Phi) is 11.7. The number of aromatic nitrogens is 1. The summed E-state index contributed by atoms with van der Waals surface area (Å²) in [5.41, 5.74) is 10.0. The van der Waals surface area contributed by atoms with E-state index in [2.05, 4.69) is 21.3 Å². The van der Waals surface area contributed by atoms with Crippen LogP contribution in [0.3, 0.4) is 0 Å². The summed E-state index contributed by atoms with van der Waals surface area (Å²) >= 11 is 1.61. The third kappa shape index (κ3) is 8.20. The zero-order chi connectivity index (χ0) is 23.3. The number of nitrogens with one attached hydrogen (secondary N) is 1. The van der Waals surface area contributed by atoms with E-state index in [1.54, 1.807) is 18.8 Å². The molecule has 0 aliphatic heterocycles. The second kappa shape index (κ2) is 14.3. The van der Waals surface area contributed by atoms with Crippen LogP contribution in [0.25, 0.3) is 28.3 Å². The molecule has 1 aliphatic carbocycles. The van der Waals surface area contributed by atoms with Crippen LogP contribution in [0.2, 0.25) is 0 Å². The Balaban J connectivity index is 0.000000304. The van der Waals surface area contributed by atoms with E-state index in [4.69, 9.17) is 15.3 Å². The molecule has 1 aromatic heterocycles. The minimum atomic E-state index is -0.860.